The Morgan fingerprint density at radius 1 is 0.810 bits per heavy atom. The lowest BCUT2D eigenvalue weighted by atomic mass is 9.99. The molecule has 3 rings (SSSR count). The number of aromatic nitrogens is 1. The topological polar surface area (TPSA) is 209 Å². The molecule has 2 aromatic carbocycles. The van der Waals surface area contributed by atoms with Crippen molar-refractivity contribution in [3.05, 3.63) is 71.9 Å². The van der Waals surface area contributed by atoms with Crippen LogP contribution in [0.5, 0.6) is 0 Å². The minimum Gasteiger partial charge on any atom is -0.480 e. The van der Waals surface area contributed by atoms with Gasteiger partial charge >= 0.3 is 5.97 Å². The van der Waals surface area contributed by atoms with Crippen LogP contribution in [0.1, 0.15) is 37.8 Å². The number of rotatable bonds is 15. The van der Waals surface area contributed by atoms with Crippen molar-refractivity contribution in [3.8, 4) is 0 Å². The lowest BCUT2D eigenvalue weighted by Gasteiger charge is -2.26. The number of amides is 4. The molecule has 0 bridgehead atoms. The van der Waals surface area contributed by atoms with E-state index in [0.717, 1.165) is 22.0 Å². The molecule has 1 aromatic heterocycles. The summed E-state index contributed by atoms with van der Waals surface area (Å²) in [6, 6.07) is 11.6. The van der Waals surface area contributed by atoms with Crippen LogP contribution in [0.4, 0.5) is 0 Å². The van der Waals surface area contributed by atoms with E-state index in [9.17, 15) is 29.1 Å². The molecule has 4 atom stereocenters. The summed E-state index contributed by atoms with van der Waals surface area (Å²) in [6.07, 6.45) is 1.63. The number of primary amides is 1. The van der Waals surface area contributed by atoms with Gasteiger partial charge in [0.1, 0.15) is 18.1 Å². The van der Waals surface area contributed by atoms with Crippen LogP contribution < -0.4 is 27.4 Å². The first kappa shape index (κ1) is 31.8. The summed E-state index contributed by atoms with van der Waals surface area (Å²) in [7, 11) is 0. The number of carboxylic acids is 1. The van der Waals surface area contributed by atoms with Crippen LogP contribution in [-0.4, -0.2) is 63.9 Å². The molecule has 42 heavy (non-hydrogen) atoms. The second-order valence-corrected chi connectivity index (χ2v) is 10.7. The van der Waals surface area contributed by atoms with Crippen LogP contribution >= 0.6 is 0 Å². The van der Waals surface area contributed by atoms with E-state index in [4.69, 9.17) is 11.5 Å². The van der Waals surface area contributed by atoms with Crippen LogP contribution in [0, 0.1) is 5.92 Å². The first-order chi connectivity index (χ1) is 19.9. The Bertz CT molecular complexity index is 1410. The number of hydrogen-bond donors (Lipinski definition) is 7. The second-order valence-electron chi connectivity index (χ2n) is 10.7. The van der Waals surface area contributed by atoms with E-state index in [0.29, 0.717) is 0 Å². The number of carbonyl (C=O) groups excluding carboxylic acids is 4. The van der Waals surface area contributed by atoms with Gasteiger partial charge < -0.3 is 37.5 Å². The molecule has 12 nitrogen and oxygen atoms in total. The first-order valence-electron chi connectivity index (χ1n) is 13.7. The molecule has 224 valence electrons. The van der Waals surface area contributed by atoms with Gasteiger partial charge in [0.25, 0.3) is 0 Å². The van der Waals surface area contributed by atoms with Crippen LogP contribution in [0.3, 0.4) is 0 Å². The minimum absolute atomic E-state index is 0.0310. The molecular weight excluding hydrogens is 540 g/mol. The number of nitrogens with two attached hydrogens (primary N) is 2. The summed E-state index contributed by atoms with van der Waals surface area (Å²) in [5.74, 6) is -4.10. The van der Waals surface area contributed by atoms with Crippen molar-refractivity contribution in [1.29, 1.82) is 0 Å². The van der Waals surface area contributed by atoms with Gasteiger partial charge in [-0.2, -0.15) is 0 Å². The molecule has 12 heteroatoms. The monoisotopic (exact) mass is 578 g/mol. The number of aliphatic carboxylic acids is 1. The van der Waals surface area contributed by atoms with Gasteiger partial charge in [0.15, 0.2) is 0 Å². The van der Waals surface area contributed by atoms with Gasteiger partial charge in [-0.25, -0.2) is 4.79 Å². The maximum Gasteiger partial charge on any atom is 0.326 e. The third-order valence-corrected chi connectivity index (χ3v) is 6.73. The van der Waals surface area contributed by atoms with E-state index in [1.54, 1.807) is 36.5 Å². The van der Waals surface area contributed by atoms with Crippen molar-refractivity contribution in [1.82, 2.24) is 20.9 Å². The average molecular weight is 579 g/mol. The fraction of sp³-hybridized carbons (Fsp3) is 0.367. The van der Waals surface area contributed by atoms with Crippen LogP contribution in [0.2, 0.25) is 0 Å². The van der Waals surface area contributed by atoms with Gasteiger partial charge in [-0.15, -0.1) is 0 Å². The number of hydrogen-bond acceptors (Lipinski definition) is 6. The van der Waals surface area contributed by atoms with E-state index >= 15 is 0 Å². The third kappa shape index (κ3) is 9.16. The number of para-hydroxylation sites is 1. The molecule has 0 saturated carbocycles. The Morgan fingerprint density at radius 2 is 1.40 bits per heavy atom. The molecule has 0 radical (unpaired) electrons. The standard InChI is InChI=1S/C30H38N6O6/c1-17(2)12-23(34-27(38)21(31)15-26(32)37)28(39)35-24(14-19-16-33-22-11-7-6-10-20(19)22)29(40)36-25(30(41)42)13-18-8-4-3-5-9-18/h3-11,16-17,21,23-25,33H,12-15,31H2,1-2H3,(H2,32,37)(H,34,38)(H,35,39)(H,36,40)(H,41,42). The molecule has 0 aliphatic heterocycles. The normalized spacial score (nSPS) is 14.0. The third-order valence-electron chi connectivity index (χ3n) is 6.73. The Balaban J connectivity index is 1.86. The second kappa shape index (κ2) is 14.8. The molecule has 0 spiro atoms. The van der Waals surface area contributed by atoms with Crippen LogP contribution in [-0.2, 0) is 36.8 Å². The Labute approximate surface area is 243 Å². The molecule has 9 N–H and O–H groups in total. The zero-order valence-electron chi connectivity index (χ0n) is 23.6. The Morgan fingerprint density at radius 3 is 2.05 bits per heavy atom. The maximum atomic E-state index is 13.6. The molecule has 0 fully saturated rings. The van der Waals surface area contributed by atoms with Crippen LogP contribution in [0.25, 0.3) is 10.9 Å². The predicted molar refractivity (Wildman–Crippen MR) is 157 cm³/mol. The van der Waals surface area contributed by atoms with Crippen LogP contribution in [0.15, 0.2) is 60.8 Å². The number of fused-ring (bicyclic) bond motifs is 1. The van der Waals surface area contributed by atoms with E-state index in [2.05, 4.69) is 20.9 Å². The van der Waals surface area contributed by atoms with Crippen molar-refractivity contribution in [2.45, 2.75) is 63.7 Å². The molecule has 4 amide bonds. The van der Waals surface area contributed by atoms with E-state index in [-0.39, 0.29) is 25.2 Å². The van der Waals surface area contributed by atoms with Gasteiger partial charge in [0.2, 0.25) is 23.6 Å². The highest BCUT2D eigenvalue weighted by atomic mass is 16.4. The first-order valence-corrected chi connectivity index (χ1v) is 13.7. The fourth-order valence-electron chi connectivity index (χ4n) is 4.62. The lowest BCUT2D eigenvalue weighted by molar-refractivity contribution is -0.142. The summed E-state index contributed by atoms with van der Waals surface area (Å²) < 4.78 is 0. The number of carbonyl (C=O) groups is 5. The van der Waals surface area contributed by atoms with Crippen molar-refractivity contribution in [2.75, 3.05) is 0 Å². The highest BCUT2D eigenvalue weighted by molar-refractivity contribution is 5.95. The average Bonchev–Trinajstić information content (AvgIpc) is 3.34. The van der Waals surface area contributed by atoms with Gasteiger partial charge in [-0.1, -0.05) is 62.4 Å². The number of H-pyrrole nitrogens is 1. The number of aromatic amines is 1. The summed E-state index contributed by atoms with van der Waals surface area (Å²) in [5, 5.41) is 18.5. The van der Waals surface area contributed by atoms with E-state index < -0.39 is 60.2 Å². The molecule has 0 aliphatic carbocycles. The van der Waals surface area contributed by atoms with Crippen molar-refractivity contribution in [2.24, 2.45) is 17.4 Å². The molecule has 1 heterocycles. The van der Waals surface area contributed by atoms with Gasteiger partial charge in [-0.05, 0) is 29.5 Å². The fourth-order valence-corrected chi connectivity index (χ4v) is 4.62. The summed E-state index contributed by atoms with van der Waals surface area (Å²) in [5.41, 5.74) is 13.2. The highest BCUT2D eigenvalue weighted by Gasteiger charge is 2.31. The summed E-state index contributed by atoms with van der Waals surface area (Å²) >= 11 is 0. The summed E-state index contributed by atoms with van der Waals surface area (Å²) in [6.45, 7) is 3.71. The lowest BCUT2D eigenvalue weighted by Crippen LogP contribution is -2.58. The van der Waals surface area contributed by atoms with E-state index in [1.165, 1.54) is 0 Å². The molecule has 4 unspecified atom stereocenters. The smallest absolute Gasteiger partial charge is 0.326 e. The number of nitrogens with one attached hydrogen (secondary N) is 4. The molecule has 0 saturated heterocycles. The van der Waals surface area contributed by atoms with E-state index in [1.807, 2.05) is 38.1 Å². The maximum absolute atomic E-state index is 13.6. The molecule has 3 aromatic rings. The predicted octanol–water partition coefficient (Wildman–Crippen LogP) is 0.741. The SMILES string of the molecule is CC(C)CC(NC(=O)C(N)CC(N)=O)C(=O)NC(Cc1c[nH]c2ccccc12)C(=O)NC(Cc1ccccc1)C(=O)O. The zero-order chi connectivity index (χ0) is 30.8. The molecular formula is C30H38N6O6. The van der Waals surface area contributed by atoms with Crippen molar-refractivity contribution >= 4 is 40.5 Å². The van der Waals surface area contributed by atoms with Gasteiger partial charge in [0, 0.05) is 29.9 Å². The Kier molecular flexibility index (Phi) is 11.2. The van der Waals surface area contributed by atoms with Gasteiger partial charge in [0.05, 0.1) is 12.5 Å². The Hall–Kier alpha value is -4.71. The van der Waals surface area contributed by atoms with Crippen molar-refractivity contribution in [3.63, 3.8) is 0 Å². The largest absolute Gasteiger partial charge is 0.480 e. The molecule has 0 aliphatic rings. The van der Waals surface area contributed by atoms with Crippen molar-refractivity contribution < 1.29 is 29.1 Å². The summed E-state index contributed by atoms with van der Waals surface area (Å²) in [4.78, 5) is 66.1. The zero-order valence-corrected chi connectivity index (χ0v) is 23.6. The number of carboxylic acid groups (broad SMARTS) is 1. The highest BCUT2D eigenvalue weighted by Crippen LogP contribution is 2.19. The minimum atomic E-state index is -1.25. The quantitative estimate of drug-likeness (QED) is 0.137. The van der Waals surface area contributed by atoms with Gasteiger partial charge in [-0.3, -0.25) is 19.2 Å². The number of benzene rings is 2.